The maximum Gasteiger partial charge on any atom is 0.124 e. The van der Waals surface area contributed by atoms with Crippen molar-refractivity contribution in [1.29, 1.82) is 0 Å². The number of nitrogens with zero attached hydrogens (tertiary/aromatic N) is 1. The Morgan fingerprint density at radius 1 is 1.33 bits per heavy atom. The van der Waals surface area contributed by atoms with Crippen molar-refractivity contribution in [1.82, 2.24) is 10.3 Å². The Hall–Kier alpha value is -1.43. The molecule has 2 heterocycles. The molecule has 0 amide bonds. The normalized spacial score (nSPS) is 20.7. The molecule has 4 nitrogen and oxygen atoms in total. The topological polar surface area (TPSA) is 54.4 Å². The van der Waals surface area contributed by atoms with E-state index >= 15 is 0 Å². The highest BCUT2D eigenvalue weighted by Crippen LogP contribution is 2.35. The van der Waals surface area contributed by atoms with Gasteiger partial charge in [0.15, 0.2) is 0 Å². The molecule has 0 unspecified atom stereocenters. The van der Waals surface area contributed by atoms with Crippen LogP contribution < -0.4 is 10.1 Å². The van der Waals surface area contributed by atoms with E-state index in [0.29, 0.717) is 13.2 Å². The number of aromatic nitrogens is 1. The first kappa shape index (κ1) is 14.5. The van der Waals surface area contributed by atoms with Crippen LogP contribution in [0, 0.1) is 5.92 Å². The van der Waals surface area contributed by atoms with Gasteiger partial charge in [-0.05, 0) is 33.6 Å². The minimum absolute atomic E-state index is 0.0560. The van der Waals surface area contributed by atoms with Crippen LogP contribution in [0.3, 0.4) is 0 Å². The second-order valence-electron chi connectivity index (χ2n) is 5.12. The Kier molecular flexibility index (Phi) is 4.53. The van der Waals surface area contributed by atoms with E-state index < -0.39 is 0 Å². The fourth-order valence-corrected chi connectivity index (χ4v) is 3.01. The van der Waals surface area contributed by atoms with Crippen molar-refractivity contribution >= 4 is 15.9 Å². The maximum atomic E-state index is 9.60. The van der Waals surface area contributed by atoms with Crippen LogP contribution in [0.2, 0.25) is 0 Å². The average Bonchev–Trinajstić information content (AvgIpc) is 2.53. The van der Waals surface area contributed by atoms with Crippen molar-refractivity contribution in [3.63, 3.8) is 0 Å². The Balaban J connectivity index is 1.81. The highest BCUT2D eigenvalue weighted by atomic mass is 79.9. The number of aliphatic hydroxyl groups is 1. The second-order valence-corrected chi connectivity index (χ2v) is 5.97. The number of nitrogens with one attached hydrogen (secondary N) is 1. The molecule has 0 aliphatic carbocycles. The van der Waals surface area contributed by atoms with E-state index in [0.717, 1.165) is 21.3 Å². The lowest BCUT2D eigenvalue weighted by Crippen LogP contribution is -2.37. The Morgan fingerprint density at radius 3 is 3.00 bits per heavy atom. The molecule has 2 aromatic rings. The molecule has 1 aromatic carbocycles. The van der Waals surface area contributed by atoms with Crippen LogP contribution in [0.5, 0.6) is 5.75 Å². The molecule has 21 heavy (non-hydrogen) atoms. The van der Waals surface area contributed by atoms with Crippen LogP contribution in [-0.2, 0) is 6.54 Å². The van der Waals surface area contributed by atoms with E-state index in [9.17, 15) is 5.11 Å². The summed E-state index contributed by atoms with van der Waals surface area (Å²) in [5.74, 6) is 0.953. The van der Waals surface area contributed by atoms with Gasteiger partial charge in [-0.25, -0.2) is 0 Å². The second kappa shape index (κ2) is 6.56. The van der Waals surface area contributed by atoms with Gasteiger partial charge in [-0.1, -0.05) is 18.2 Å². The predicted octanol–water partition coefficient (Wildman–Crippen LogP) is 2.68. The quantitative estimate of drug-likeness (QED) is 0.891. The zero-order chi connectivity index (χ0) is 14.7. The number of hydrogen-bond donors (Lipinski definition) is 2. The molecular formula is C16H17BrN2O2. The highest BCUT2D eigenvalue weighted by molar-refractivity contribution is 9.10. The standard InChI is InChI=1S/C16H17BrN2O2/c17-14-8-18-6-5-11(14)7-19-16-12(9-20)10-21-15-4-2-1-3-13(15)16/h1-6,8,12,16,19-20H,7,9-10H2/t12-,16-/m1/s1. The molecule has 0 bridgehead atoms. The average molecular weight is 349 g/mol. The summed E-state index contributed by atoms with van der Waals surface area (Å²) in [6.07, 6.45) is 3.57. The molecule has 2 atom stereocenters. The fourth-order valence-electron chi connectivity index (χ4n) is 2.62. The summed E-state index contributed by atoms with van der Waals surface area (Å²) in [5, 5.41) is 13.1. The van der Waals surface area contributed by atoms with Gasteiger partial charge in [0.1, 0.15) is 5.75 Å². The van der Waals surface area contributed by atoms with Crippen molar-refractivity contribution in [3.8, 4) is 5.75 Å². The molecular weight excluding hydrogens is 332 g/mol. The number of ether oxygens (including phenoxy) is 1. The summed E-state index contributed by atoms with van der Waals surface area (Å²) in [6.45, 7) is 1.34. The SMILES string of the molecule is OC[C@@H]1COc2ccccc2[C@@H]1NCc1ccncc1Br. The molecule has 1 aliphatic rings. The van der Waals surface area contributed by atoms with Crippen molar-refractivity contribution in [2.75, 3.05) is 13.2 Å². The van der Waals surface area contributed by atoms with Crippen LogP contribution in [0.4, 0.5) is 0 Å². The summed E-state index contributed by atoms with van der Waals surface area (Å²) >= 11 is 3.51. The molecule has 1 aromatic heterocycles. The van der Waals surface area contributed by atoms with E-state index in [4.69, 9.17) is 4.74 Å². The van der Waals surface area contributed by atoms with Crippen LogP contribution in [-0.4, -0.2) is 23.3 Å². The van der Waals surface area contributed by atoms with Gasteiger partial charge in [-0.15, -0.1) is 0 Å². The molecule has 0 saturated carbocycles. The zero-order valence-corrected chi connectivity index (χ0v) is 13.1. The maximum absolute atomic E-state index is 9.60. The van der Waals surface area contributed by atoms with Gasteiger partial charge in [-0.3, -0.25) is 4.98 Å². The molecule has 2 N–H and O–H groups in total. The van der Waals surface area contributed by atoms with E-state index in [1.54, 1.807) is 12.4 Å². The lowest BCUT2D eigenvalue weighted by atomic mass is 9.91. The third kappa shape index (κ3) is 3.10. The lowest BCUT2D eigenvalue weighted by Gasteiger charge is -2.33. The first-order chi connectivity index (χ1) is 10.3. The summed E-state index contributed by atoms with van der Waals surface area (Å²) in [4.78, 5) is 4.07. The molecule has 5 heteroatoms. The molecule has 0 radical (unpaired) electrons. The number of para-hydroxylation sites is 1. The molecule has 3 rings (SSSR count). The minimum atomic E-state index is 0.0560. The van der Waals surface area contributed by atoms with Crippen LogP contribution in [0.25, 0.3) is 0 Å². The predicted molar refractivity (Wildman–Crippen MR) is 84.0 cm³/mol. The van der Waals surface area contributed by atoms with Gasteiger partial charge in [0.25, 0.3) is 0 Å². The number of aliphatic hydroxyl groups excluding tert-OH is 1. The largest absolute Gasteiger partial charge is 0.493 e. The molecule has 1 aliphatic heterocycles. The first-order valence-electron chi connectivity index (χ1n) is 6.94. The number of benzene rings is 1. The van der Waals surface area contributed by atoms with Gasteiger partial charge < -0.3 is 15.2 Å². The van der Waals surface area contributed by atoms with Crippen molar-refractivity contribution in [2.24, 2.45) is 5.92 Å². The smallest absolute Gasteiger partial charge is 0.124 e. The van der Waals surface area contributed by atoms with Crippen LogP contribution in [0.1, 0.15) is 17.2 Å². The molecule has 0 saturated heterocycles. The van der Waals surface area contributed by atoms with Gasteiger partial charge in [0.2, 0.25) is 0 Å². The van der Waals surface area contributed by atoms with Crippen molar-refractivity contribution < 1.29 is 9.84 Å². The fraction of sp³-hybridized carbons (Fsp3) is 0.312. The summed E-state index contributed by atoms with van der Waals surface area (Å²) in [5.41, 5.74) is 2.25. The minimum Gasteiger partial charge on any atom is -0.493 e. The number of hydrogen-bond acceptors (Lipinski definition) is 4. The highest BCUT2D eigenvalue weighted by Gasteiger charge is 2.29. The van der Waals surface area contributed by atoms with E-state index in [-0.39, 0.29) is 18.6 Å². The Labute approximate surface area is 132 Å². The molecule has 110 valence electrons. The molecule has 0 spiro atoms. The van der Waals surface area contributed by atoms with Crippen molar-refractivity contribution in [2.45, 2.75) is 12.6 Å². The molecule has 0 fully saturated rings. The summed E-state index contributed by atoms with van der Waals surface area (Å²) < 4.78 is 6.70. The summed E-state index contributed by atoms with van der Waals surface area (Å²) in [7, 11) is 0. The van der Waals surface area contributed by atoms with E-state index in [1.165, 1.54) is 0 Å². The summed E-state index contributed by atoms with van der Waals surface area (Å²) in [6, 6.07) is 10.1. The Morgan fingerprint density at radius 2 is 2.19 bits per heavy atom. The number of fused-ring (bicyclic) bond motifs is 1. The number of halogens is 1. The third-order valence-corrected chi connectivity index (χ3v) is 4.50. The van der Waals surface area contributed by atoms with Crippen molar-refractivity contribution in [3.05, 3.63) is 58.3 Å². The Bertz CT molecular complexity index is 621. The lowest BCUT2D eigenvalue weighted by molar-refractivity contribution is 0.110. The third-order valence-electron chi connectivity index (χ3n) is 3.78. The van der Waals surface area contributed by atoms with Crippen LogP contribution >= 0.6 is 15.9 Å². The zero-order valence-electron chi connectivity index (χ0n) is 11.5. The van der Waals surface area contributed by atoms with Gasteiger partial charge in [-0.2, -0.15) is 0 Å². The monoisotopic (exact) mass is 348 g/mol. The first-order valence-corrected chi connectivity index (χ1v) is 7.73. The number of rotatable bonds is 4. The van der Waals surface area contributed by atoms with E-state index in [2.05, 4.69) is 32.3 Å². The van der Waals surface area contributed by atoms with Crippen LogP contribution in [0.15, 0.2) is 47.2 Å². The van der Waals surface area contributed by atoms with Gasteiger partial charge >= 0.3 is 0 Å². The van der Waals surface area contributed by atoms with Gasteiger partial charge in [0.05, 0.1) is 13.2 Å². The number of pyridine rings is 1. The van der Waals surface area contributed by atoms with Gasteiger partial charge in [0, 0.05) is 40.9 Å². The van der Waals surface area contributed by atoms with E-state index in [1.807, 2.05) is 24.3 Å².